The molecule has 0 aliphatic rings. The minimum atomic E-state index is -3.82. The molecule has 0 spiro atoms. The number of amides is 1. The van der Waals surface area contributed by atoms with Crippen molar-refractivity contribution in [1.82, 2.24) is 14.8 Å². The summed E-state index contributed by atoms with van der Waals surface area (Å²) in [4.78, 5) is 14.6. The molecule has 1 amide bonds. The highest BCUT2D eigenvalue weighted by atomic mass is 32.2. The van der Waals surface area contributed by atoms with Gasteiger partial charge in [0.15, 0.2) is 0 Å². The average Bonchev–Trinajstić information content (AvgIpc) is 3.00. The second-order valence-electron chi connectivity index (χ2n) is 6.27. The Kier molecular flexibility index (Phi) is 5.77. The minimum absolute atomic E-state index is 0.399. The number of nitrogens with zero attached hydrogens (tertiary/aromatic N) is 1. The number of sulfonamides is 1. The number of carbonyl (C=O) groups is 1. The molecule has 0 fully saturated rings. The molecule has 0 saturated heterocycles. The number of rotatable bonds is 6. The highest BCUT2D eigenvalue weighted by Crippen LogP contribution is 2.20. The van der Waals surface area contributed by atoms with Crippen LogP contribution in [-0.2, 0) is 10.0 Å². The van der Waals surface area contributed by atoms with E-state index in [1.54, 1.807) is 18.2 Å². The Bertz CT molecular complexity index is 1100. The fourth-order valence-corrected chi connectivity index (χ4v) is 3.56. The first kappa shape index (κ1) is 19.6. The summed E-state index contributed by atoms with van der Waals surface area (Å²) in [5.74, 6) is -0.521. The fourth-order valence-electron chi connectivity index (χ4n) is 2.92. The van der Waals surface area contributed by atoms with Crippen molar-refractivity contribution >= 4 is 22.0 Å². The van der Waals surface area contributed by atoms with E-state index in [1.165, 1.54) is 6.08 Å². The fraction of sp³-hybridized carbons (Fsp3) is 0.0952. The van der Waals surface area contributed by atoms with Crippen LogP contribution in [-0.4, -0.2) is 18.9 Å². The second kappa shape index (κ2) is 8.24. The van der Waals surface area contributed by atoms with Crippen LogP contribution >= 0.6 is 0 Å². The van der Waals surface area contributed by atoms with Crippen LogP contribution in [0.5, 0.6) is 0 Å². The summed E-state index contributed by atoms with van der Waals surface area (Å²) >= 11 is 0. The number of aromatic nitrogens is 1. The highest BCUT2D eigenvalue weighted by molar-refractivity contribution is 7.92. The quantitative estimate of drug-likeness (QED) is 0.628. The lowest BCUT2D eigenvalue weighted by Gasteiger charge is -2.10. The molecular formula is C21H21N3O3S. The molecule has 6 nitrogen and oxygen atoms in total. The molecule has 1 aromatic heterocycles. The van der Waals surface area contributed by atoms with Crippen molar-refractivity contribution in [2.24, 2.45) is 0 Å². The van der Waals surface area contributed by atoms with Crippen LogP contribution in [0.25, 0.3) is 11.8 Å². The Morgan fingerprint density at radius 3 is 2.21 bits per heavy atom. The van der Waals surface area contributed by atoms with E-state index < -0.39 is 15.9 Å². The van der Waals surface area contributed by atoms with Gasteiger partial charge in [-0.05, 0) is 43.7 Å². The molecule has 0 unspecified atom stereocenters. The van der Waals surface area contributed by atoms with Gasteiger partial charge in [-0.1, -0.05) is 48.5 Å². The molecule has 2 aromatic carbocycles. The van der Waals surface area contributed by atoms with Crippen molar-refractivity contribution in [2.75, 3.05) is 0 Å². The van der Waals surface area contributed by atoms with E-state index in [4.69, 9.17) is 0 Å². The van der Waals surface area contributed by atoms with Gasteiger partial charge in [0.2, 0.25) is 0 Å². The van der Waals surface area contributed by atoms with Crippen molar-refractivity contribution in [3.63, 3.8) is 0 Å². The second-order valence-corrected chi connectivity index (χ2v) is 7.84. The van der Waals surface area contributed by atoms with E-state index in [9.17, 15) is 13.2 Å². The lowest BCUT2D eigenvalue weighted by molar-refractivity contribution is 0.0944. The maximum Gasteiger partial charge on any atom is 0.268 e. The van der Waals surface area contributed by atoms with Gasteiger partial charge in [0, 0.05) is 22.5 Å². The van der Waals surface area contributed by atoms with E-state index in [1.807, 2.05) is 66.9 Å². The molecule has 0 saturated carbocycles. The van der Waals surface area contributed by atoms with Crippen molar-refractivity contribution in [3.05, 3.63) is 94.7 Å². The zero-order valence-corrected chi connectivity index (χ0v) is 16.4. The van der Waals surface area contributed by atoms with Gasteiger partial charge in [-0.25, -0.2) is 8.42 Å². The van der Waals surface area contributed by atoms with Gasteiger partial charge in [-0.15, -0.1) is 4.83 Å². The molecule has 0 atom stereocenters. The summed E-state index contributed by atoms with van der Waals surface area (Å²) in [5, 5.41) is 1.01. The Morgan fingerprint density at radius 2 is 1.57 bits per heavy atom. The van der Waals surface area contributed by atoms with Crippen molar-refractivity contribution in [3.8, 4) is 5.69 Å². The number of nitrogens with one attached hydrogen (secondary N) is 2. The third kappa shape index (κ3) is 4.57. The maximum atomic E-state index is 12.5. The van der Waals surface area contributed by atoms with E-state index in [-0.39, 0.29) is 0 Å². The molecule has 3 rings (SSSR count). The molecule has 144 valence electrons. The van der Waals surface area contributed by atoms with Crippen LogP contribution in [0.3, 0.4) is 0 Å². The smallest absolute Gasteiger partial charge is 0.268 e. The number of carbonyl (C=O) groups excluding carboxylic acids is 1. The lowest BCUT2D eigenvalue weighted by atomic mass is 10.2. The Morgan fingerprint density at radius 1 is 0.964 bits per heavy atom. The van der Waals surface area contributed by atoms with Gasteiger partial charge in [-0.3, -0.25) is 10.2 Å². The predicted octanol–water partition coefficient (Wildman–Crippen LogP) is 3.33. The third-order valence-electron chi connectivity index (χ3n) is 4.24. The normalized spacial score (nSPS) is 11.6. The standard InChI is InChI=1S/C21H21N3O3S/c1-16-15-20(17(2)24(16)19-11-7-4-8-12-19)21(25)22-23-28(26,27)14-13-18-9-5-3-6-10-18/h3-15,23H,1-2H3,(H,22,25). The van der Waals surface area contributed by atoms with Gasteiger partial charge >= 0.3 is 0 Å². The Hall–Kier alpha value is -3.16. The van der Waals surface area contributed by atoms with Crippen LogP contribution in [0, 0.1) is 13.8 Å². The molecule has 7 heteroatoms. The predicted molar refractivity (Wildman–Crippen MR) is 110 cm³/mol. The summed E-state index contributed by atoms with van der Waals surface area (Å²) in [6.45, 7) is 3.71. The zero-order chi connectivity index (χ0) is 20.1. The van der Waals surface area contributed by atoms with E-state index in [2.05, 4.69) is 10.3 Å². The SMILES string of the molecule is Cc1cc(C(=O)NNS(=O)(=O)C=Cc2ccccc2)c(C)n1-c1ccccc1. The molecule has 0 radical (unpaired) electrons. The van der Waals surface area contributed by atoms with Gasteiger partial charge in [0.25, 0.3) is 15.9 Å². The summed E-state index contributed by atoms with van der Waals surface area (Å²) in [7, 11) is -3.82. The van der Waals surface area contributed by atoms with Gasteiger partial charge in [0.1, 0.15) is 0 Å². The monoisotopic (exact) mass is 395 g/mol. The summed E-state index contributed by atoms with van der Waals surface area (Å²) in [6, 6.07) is 20.4. The molecular weight excluding hydrogens is 374 g/mol. The number of aryl methyl sites for hydroxylation is 1. The van der Waals surface area contributed by atoms with Crippen LogP contribution in [0.2, 0.25) is 0 Å². The zero-order valence-electron chi connectivity index (χ0n) is 15.6. The van der Waals surface area contributed by atoms with Crippen molar-refractivity contribution in [2.45, 2.75) is 13.8 Å². The van der Waals surface area contributed by atoms with E-state index in [0.717, 1.165) is 28.0 Å². The van der Waals surface area contributed by atoms with Gasteiger partial charge in [0.05, 0.1) is 5.56 Å². The topological polar surface area (TPSA) is 80.2 Å². The van der Waals surface area contributed by atoms with E-state index >= 15 is 0 Å². The van der Waals surface area contributed by atoms with E-state index in [0.29, 0.717) is 5.56 Å². The summed E-state index contributed by atoms with van der Waals surface area (Å²) in [6.07, 6.45) is 1.45. The van der Waals surface area contributed by atoms with Crippen molar-refractivity contribution in [1.29, 1.82) is 0 Å². The molecule has 0 bridgehead atoms. The highest BCUT2D eigenvalue weighted by Gasteiger charge is 2.17. The first-order valence-corrected chi connectivity index (χ1v) is 10.2. The number of hydrazine groups is 1. The molecule has 2 N–H and O–H groups in total. The summed E-state index contributed by atoms with van der Waals surface area (Å²) in [5.41, 5.74) is 5.94. The van der Waals surface area contributed by atoms with Crippen LogP contribution in [0.15, 0.2) is 72.1 Å². The van der Waals surface area contributed by atoms with Gasteiger partial charge < -0.3 is 4.57 Å². The number of hydrogen-bond donors (Lipinski definition) is 2. The van der Waals surface area contributed by atoms with Crippen molar-refractivity contribution < 1.29 is 13.2 Å². The number of para-hydroxylation sites is 1. The molecule has 0 aliphatic carbocycles. The number of hydrogen-bond acceptors (Lipinski definition) is 3. The average molecular weight is 395 g/mol. The third-order valence-corrected chi connectivity index (χ3v) is 5.12. The lowest BCUT2D eigenvalue weighted by Crippen LogP contribution is -2.40. The minimum Gasteiger partial charge on any atom is -0.318 e. The first-order valence-electron chi connectivity index (χ1n) is 8.67. The largest absolute Gasteiger partial charge is 0.318 e. The van der Waals surface area contributed by atoms with Crippen LogP contribution in [0.1, 0.15) is 27.3 Å². The van der Waals surface area contributed by atoms with Crippen LogP contribution < -0.4 is 10.3 Å². The maximum absolute atomic E-state index is 12.5. The molecule has 1 heterocycles. The summed E-state index contributed by atoms with van der Waals surface area (Å²) < 4.78 is 26.1. The molecule has 28 heavy (non-hydrogen) atoms. The first-order chi connectivity index (χ1) is 13.4. The molecule has 3 aromatic rings. The van der Waals surface area contributed by atoms with Gasteiger partial charge in [-0.2, -0.15) is 0 Å². The Balaban J connectivity index is 1.73. The number of benzene rings is 2. The molecule has 0 aliphatic heterocycles. The Labute approximate surface area is 164 Å². The van der Waals surface area contributed by atoms with Crippen LogP contribution in [0.4, 0.5) is 0 Å².